The van der Waals surface area contributed by atoms with Crippen LogP contribution in [0.1, 0.15) is 52.0 Å². The lowest BCUT2D eigenvalue weighted by molar-refractivity contribution is -0.137. The Kier molecular flexibility index (Phi) is 7.91. The number of nitrogens with zero attached hydrogens (tertiary/aromatic N) is 5. The molecular formula is C25H31ClF3N7O2. The lowest BCUT2D eigenvalue weighted by Crippen LogP contribution is -2.36. The molecule has 0 bridgehead atoms. The van der Waals surface area contributed by atoms with Gasteiger partial charge >= 0.3 is 12.3 Å². The summed E-state index contributed by atoms with van der Waals surface area (Å²) in [7, 11) is 1.61. The second-order valence-corrected chi connectivity index (χ2v) is 10.8. The number of benzene rings is 1. The Hall–Kier alpha value is -3.28. The number of hydrogen-bond acceptors (Lipinski definition) is 7. The Balaban J connectivity index is 1.66. The van der Waals surface area contributed by atoms with E-state index in [9.17, 15) is 18.0 Å². The predicted octanol–water partition coefficient (Wildman–Crippen LogP) is 6.46. The summed E-state index contributed by atoms with van der Waals surface area (Å²) in [6, 6.07) is 3.48. The maximum atomic E-state index is 13.4. The smallest absolute Gasteiger partial charge is 0.416 e. The molecule has 9 nitrogen and oxygen atoms in total. The van der Waals surface area contributed by atoms with Crippen molar-refractivity contribution < 1.29 is 22.7 Å². The maximum absolute atomic E-state index is 13.4. The molecular weight excluding hydrogens is 523 g/mol. The molecule has 1 aliphatic rings. The summed E-state index contributed by atoms with van der Waals surface area (Å²) in [5.41, 5.74) is -0.515. The normalized spacial score (nSPS) is 14.6. The highest BCUT2D eigenvalue weighted by Gasteiger charge is 2.31. The van der Waals surface area contributed by atoms with Gasteiger partial charge in [0.05, 0.1) is 11.8 Å². The van der Waals surface area contributed by atoms with Crippen molar-refractivity contribution in [1.82, 2.24) is 24.4 Å². The van der Waals surface area contributed by atoms with E-state index in [-0.39, 0.29) is 35.8 Å². The Morgan fingerprint density at radius 2 is 1.89 bits per heavy atom. The van der Waals surface area contributed by atoms with Gasteiger partial charge in [-0.15, -0.1) is 0 Å². The molecule has 38 heavy (non-hydrogen) atoms. The summed E-state index contributed by atoms with van der Waals surface area (Å²) < 4.78 is 47.2. The number of halogens is 4. The molecule has 0 aliphatic heterocycles. The van der Waals surface area contributed by atoms with E-state index in [1.165, 1.54) is 11.0 Å². The van der Waals surface area contributed by atoms with Gasteiger partial charge < -0.3 is 20.3 Å². The maximum Gasteiger partial charge on any atom is 0.416 e. The molecule has 0 spiro atoms. The number of carbonyl (C=O) groups excluding carboxylic acids is 1. The first-order chi connectivity index (χ1) is 17.8. The van der Waals surface area contributed by atoms with Gasteiger partial charge in [-0.2, -0.15) is 18.2 Å². The zero-order valence-corrected chi connectivity index (χ0v) is 22.4. The van der Waals surface area contributed by atoms with Gasteiger partial charge in [-0.05, 0) is 51.8 Å². The lowest BCUT2D eigenvalue weighted by atomic mass is 10.2. The minimum absolute atomic E-state index is 0.0718. The van der Waals surface area contributed by atoms with Crippen LogP contribution < -0.4 is 10.6 Å². The van der Waals surface area contributed by atoms with Crippen LogP contribution in [0.3, 0.4) is 0 Å². The van der Waals surface area contributed by atoms with Crippen molar-refractivity contribution in [2.75, 3.05) is 24.2 Å². The van der Waals surface area contributed by atoms with Crippen LogP contribution in [0.4, 0.5) is 35.5 Å². The largest absolute Gasteiger partial charge is 0.444 e. The van der Waals surface area contributed by atoms with Gasteiger partial charge in [0.25, 0.3) is 0 Å². The van der Waals surface area contributed by atoms with Gasteiger partial charge in [-0.25, -0.2) is 14.8 Å². The van der Waals surface area contributed by atoms with Gasteiger partial charge in [-0.1, -0.05) is 24.4 Å². The predicted molar refractivity (Wildman–Crippen MR) is 140 cm³/mol. The zero-order chi connectivity index (χ0) is 27.7. The van der Waals surface area contributed by atoms with E-state index in [4.69, 9.17) is 16.3 Å². The fourth-order valence-electron chi connectivity index (χ4n) is 4.18. The van der Waals surface area contributed by atoms with Crippen LogP contribution in [0.2, 0.25) is 5.02 Å². The summed E-state index contributed by atoms with van der Waals surface area (Å²) in [4.78, 5) is 27.5. The van der Waals surface area contributed by atoms with Gasteiger partial charge in [-0.3, -0.25) is 4.57 Å². The summed E-state index contributed by atoms with van der Waals surface area (Å²) in [6.07, 6.45) is 0.848. The number of carbonyl (C=O) groups is 1. The van der Waals surface area contributed by atoms with E-state index >= 15 is 0 Å². The van der Waals surface area contributed by atoms with E-state index in [2.05, 4.69) is 25.6 Å². The molecule has 4 rings (SSSR count). The van der Waals surface area contributed by atoms with Crippen LogP contribution in [-0.2, 0) is 17.5 Å². The zero-order valence-electron chi connectivity index (χ0n) is 21.7. The van der Waals surface area contributed by atoms with Crippen LogP contribution in [0.25, 0.3) is 11.2 Å². The first-order valence-electron chi connectivity index (χ1n) is 12.4. The SMILES string of the molecule is CN(CCn1c(Nc2cc(Cl)cc(C(F)(F)F)c2)nc2cnc(NC3CCCC3)nc21)C(=O)OC(C)(C)C. The number of alkyl halides is 3. The number of fused-ring (bicyclic) bond motifs is 1. The second-order valence-electron chi connectivity index (χ2n) is 10.4. The monoisotopic (exact) mass is 553 g/mol. The van der Waals surface area contributed by atoms with Crippen molar-refractivity contribution in [2.45, 2.75) is 70.8 Å². The molecule has 1 aliphatic carbocycles. The number of likely N-dealkylation sites (N-methyl/N-ethyl adjacent to an activating group) is 1. The summed E-state index contributed by atoms with van der Waals surface area (Å²) in [5.74, 6) is 0.681. The van der Waals surface area contributed by atoms with Crippen molar-refractivity contribution in [1.29, 1.82) is 0 Å². The fraction of sp³-hybridized carbons (Fsp3) is 0.520. The minimum Gasteiger partial charge on any atom is -0.444 e. The van der Waals surface area contributed by atoms with Gasteiger partial charge in [0, 0.05) is 36.9 Å². The average Bonchev–Trinajstić information content (AvgIpc) is 3.43. The van der Waals surface area contributed by atoms with Gasteiger partial charge in [0.2, 0.25) is 11.9 Å². The fourth-order valence-corrected chi connectivity index (χ4v) is 4.42. The first-order valence-corrected chi connectivity index (χ1v) is 12.7. The van der Waals surface area contributed by atoms with Crippen LogP contribution in [0.15, 0.2) is 24.4 Å². The van der Waals surface area contributed by atoms with Crippen LogP contribution >= 0.6 is 11.6 Å². The standard InChI is InChI=1S/C25H31ClF3N7O2/c1-24(2,3)38-23(37)35(4)9-10-36-20-19(14-30-21(34-20)31-17-7-5-6-8-17)33-22(36)32-18-12-15(25(27,28)29)11-16(26)13-18/h11-14,17H,5-10H2,1-4H3,(H,32,33)(H,30,31,34). The molecule has 3 aromatic rings. The number of anilines is 3. The minimum atomic E-state index is -4.57. The van der Waals surface area contributed by atoms with Crippen LogP contribution in [-0.4, -0.2) is 55.7 Å². The third-order valence-electron chi connectivity index (χ3n) is 6.02. The molecule has 1 aromatic carbocycles. The average molecular weight is 554 g/mol. The number of aromatic nitrogens is 4. The summed E-state index contributed by atoms with van der Waals surface area (Å²) in [5, 5.41) is 6.22. The third kappa shape index (κ3) is 6.97. The van der Waals surface area contributed by atoms with Crippen LogP contribution in [0, 0.1) is 0 Å². The van der Waals surface area contributed by atoms with E-state index in [1.54, 1.807) is 38.6 Å². The molecule has 2 heterocycles. The van der Waals surface area contributed by atoms with Crippen molar-refractivity contribution in [2.24, 2.45) is 0 Å². The third-order valence-corrected chi connectivity index (χ3v) is 6.24. The Bertz CT molecular complexity index is 1300. The quantitative estimate of drug-likeness (QED) is 0.346. The van der Waals surface area contributed by atoms with E-state index in [0.717, 1.165) is 37.8 Å². The van der Waals surface area contributed by atoms with Crippen molar-refractivity contribution in [3.63, 3.8) is 0 Å². The molecule has 2 N–H and O–H groups in total. The topological polar surface area (TPSA) is 97.2 Å². The number of nitrogens with one attached hydrogen (secondary N) is 2. The molecule has 0 unspecified atom stereocenters. The van der Waals surface area contributed by atoms with E-state index in [1.807, 2.05) is 0 Å². The number of imidazole rings is 1. The van der Waals surface area contributed by atoms with E-state index < -0.39 is 23.4 Å². The molecule has 206 valence electrons. The van der Waals surface area contributed by atoms with Gasteiger partial charge in [0.15, 0.2) is 5.65 Å². The number of ether oxygens (including phenoxy) is 1. The Morgan fingerprint density at radius 3 is 2.55 bits per heavy atom. The van der Waals surface area contributed by atoms with E-state index in [0.29, 0.717) is 17.1 Å². The van der Waals surface area contributed by atoms with Crippen molar-refractivity contribution in [3.05, 3.63) is 35.0 Å². The highest BCUT2D eigenvalue weighted by molar-refractivity contribution is 6.31. The summed E-state index contributed by atoms with van der Waals surface area (Å²) >= 11 is 5.98. The molecule has 13 heteroatoms. The highest BCUT2D eigenvalue weighted by atomic mass is 35.5. The molecule has 0 atom stereocenters. The Labute approximate surface area is 223 Å². The number of rotatable bonds is 7. The van der Waals surface area contributed by atoms with Crippen LogP contribution in [0.5, 0.6) is 0 Å². The van der Waals surface area contributed by atoms with Crippen molar-refractivity contribution in [3.8, 4) is 0 Å². The number of hydrogen-bond donors (Lipinski definition) is 2. The van der Waals surface area contributed by atoms with Crippen molar-refractivity contribution >= 4 is 46.4 Å². The highest BCUT2D eigenvalue weighted by Crippen LogP contribution is 2.34. The molecule has 1 amide bonds. The molecule has 0 saturated heterocycles. The molecule has 1 saturated carbocycles. The summed E-state index contributed by atoms with van der Waals surface area (Å²) in [6.45, 7) is 5.80. The van der Waals surface area contributed by atoms with Gasteiger partial charge in [0.1, 0.15) is 11.1 Å². The number of amides is 1. The lowest BCUT2D eigenvalue weighted by Gasteiger charge is -2.25. The molecule has 1 fully saturated rings. The second kappa shape index (κ2) is 10.8. The molecule has 2 aromatic heterocycles. The Morgan fingerprint density at radius 1 is 1.18 bits per heavy atom. The molecule has 0 radical (unpaired) electrons. The first kappa shape index (κ1) is 27.7.